The highest BCUT2D eigenvalue weighted by molar-refractivity contribution is 6.31. The van der Waals surface area contributed by atoms with Crippen molar-refractivity contribution in [1.82, 2.24) is 4.90 Å². The Morgan fingerprint density at radius 3 is 2.61 bits per heavy atom. The highest BCUT2D eigenvalue weighted by atomic mass is 35.5. The molecule has 1 heterocycles. The summed E-state index contributed by atoms with van der Waals surface area (Å²) in [5.41, 5.74) is 0.957. The van der Waals surface area contributed by atoms with Gasteiger partial charge in [-0.05, 0) is 39.0 Å². The zero-order chi connectivity index (χ0) is 13.4. The van der Waals surface area contributed by atoms with Crippen LogP contribution in [-0.2, 0) is 4.79 Å². The lowest BCUT2D eigenvalue weighted by molar-refractivity contribution is -0.120. The molecule has 1 aliphatic heterocycles. The number of nitrogens with zero attached hydrogens (tertiary/aromatic N) is 1. The van der Waals surface area contributed by atoms with Crippen molar-refractivity contribution in [2.45, 2.75) is 32.9 Å². The number of anilines is 1. The Bertz CT molecular complexity index is 514. The lowest BCUT2D eigenvalue weighted by Crippen LogP contribution is -2.47. The van der Waals surface area contributed by atoms with Crippen LogP contribution in [0.25, 0.3) is 0 Å². The fraction of sp³-hybridized carbons (Fsp3) is 0.385. The van der Waals surface area contributed by atoms with Gasteiger partial charge in [0.15, 0.2) is 0 Å². The van der Waals surface area contributed by atoms with Crippen molar-refractivity contribution in [3.8, 4) is 0 Å². The third-order valence-electron chi connectivity index (χ3n) is 3.06. The molecule has 2 amide bonds. The Labute approximate surface area is 111 Å². The maximum Gasteiger partial charge on any atom is 0.256 e. The molecule has 1 atom stereocenters. The van der Waals surface area contributed by atoms with Crippen molar-refractivity contribution >= 4 is 29.1 Å². The fourth-order valence-electron chi connectivity index (χ4n) is 2.16. The SMILES string of the molecule is CC(C)N1C(=O)c2cc(Cl)ccc2NC(=O)C1C. The summed E-state index contributed by atoms with van der Waals surface area (Å²) in [7, 11) is 0. The predicted molar refractivity (Wildman–Crippen MR) is 70.8 cm³/mol. The first-order valence-corrected chi connectivity index (χ1v) is 6.22. The summed E-state index contributed by atoms with van der Waals surface area (Å²) in [6.45, 7) is 5.50. The van der Waals surface area contributed by atoms with Crippen molar-refractivity contribution in [3.63, 3.8) is 0 Å². The average molecular weight is 267 g/mol. The molecule has 18 heavy (non-hydrogen) atoms. The van der Waals surface area contributed by atoms with Gasteiger partial charge in [-0.2, -0.15) is 0 Å². The first kappa shape index (κ1) is 12.9. The first-order valence-electron chi connectivity index (χ1n) is 5.85. The Morgan fingerprint density at radius 2 is 2.00 bits per heavy atom. The summed E-state index contributed by atoms with van der Waals surface area (Å²) in [5, 5.41) is 3.24. The standard InChI is InChI=1S/C13H15ClN2O2/c1-7(2)16-8(3)12(17)15-11-5-4-9(14)6-10(11)13(16)18/h4-8H,1-3H3,(H,15,17). The van der Waals surface area contributed by atoms with Crippen LogP contribution >= 0.6 is 11.6 Å². The normalized spacial score (nSPS) is 19.6. The van der Waals surface area contributed by atoms with Gasteiger partial charge in [-0.3, -0.25) is 9.59 Å². The van der Waals surface area contributed by atoms with Crippen LogP contribution in [0.2, 0.25) is 5.02 Å². The van der Waals surface area contributed by atoms with Crippen molar-refractivity contribution in [1.29, 1.82) is 0 Å². The van der Waals surface area contributed by atoms with E-state index >= 15 is 0 Å². The molecule has 1 N–H and O–H groups in total. The number of hydrogen-bond donors (Lipinski definition) is 1. The van der Waals surface area contributed by atoms with Crippen molar-refractivity contribution < 1.29 is 9.59 Å². The molecule has 0 radical (unpaired) electrons. The number of amides is 2. The highest BCUT2D eigenvalue weighted by Gasteiger charge is 2.33. The molecule has 96 valence electrons. The van der Waals surface area contributed by atoms with E-state index < -0.39 is 6.04 Å². The molecule has 0 bridgehead atoms. The number of carbonyl (C=O) groups is 2. The number of benzene rings is 1. The number of carbonyl (C=O) groups excluding carboxylic acids is 2. The topological polar surface area (TPSA) is 49.4 Å². The second-order valence-corrected chi connectivity index (χ2v) is 5.10. The molecule has 1 unspecified atom stereocenters. The number of nitrogens with one attached hydrogen (secondary N) is 1. The Kier molecular flexibility index (Phi) is 3.30. The number of hydrogen-bond acceptors (Lipinski definition) is 2. The second kappa shape index (κ2) is 4.61. The summed E-state index contributed by atoms with van der Waals surface area (Å²) >= 11 is 5.91. The molecule has 1 aromatic rings. The largest absolute Gasteiger partial charge is 0.324 e. The van der Waals surface area contributed by atoms with Crippen molar-refractivity contribution in [2.24, 2.45) is 0 Å². The van der Waals surface area contributed by atoms with Gasteiger partial charge in [0, 0.05) is 11.1 Å². The van der Waals surface area contributed by atoms with Crippen molar-refractivity contribution in [3.05, 3.63) is 28.8 Å². The molecule has 0 aromatic heterocycles. The van der Waals surface area contributed by atoms with Crippen LogP contribution in [0.1, 0.15) is 31.1 Å². The van der Waals surface area contributed by atoms with Gasteiger partial charge >= 0.3 is 0 Å². The average Bonchev–Trinajstić information content (AvgIpc) is 2.38. The summed E-state index contributed by atoms with van der Waals surface area (Å²) < 4.78 is 0. The van der Waals surface area contributed by atoms with E-state index in [0.29, 0.717) is 16.3 Å². The monoisotopic (exact) mass is 266 g/mol. The molecule has 0 saturated heterocycles. The molecule has 1 aromatic carbocycles. The van der Waals surface area contributed by atoms with E-state index in [1.165, 1.54) is 0 Å². The van der Waals surface area contributed by atoms with Crippen LogP contribution in [0.4, 0.5) is 5.69 Å². The minimum Gasteiger partial charge on any atom is -0.324 e. The maximum atomic E-state index is 12.5. The van der Waals surface area contributed by atoms with Crippen LogP contribution in [-0.4, -0.2) is 28.8 Å². The zero-order valence-corrected chi connectivity index (χ0v) is 11.3. The van der Waals surface area contributed by atoms with E-state index in [-0.39, 0.29) is 17.9 Å². The van der Waals surface area contributed by atoms with E-state index in [1.807, 2.05) is 13.8 Å². The Balaban J connectivity index is 2.56. The van der Waals surface area contributed by atoms with Gasteiger partial charge in [0.05, 0.1) is 11.3 Å². The second-order valence-electron chi connectivity index (χ2n) is 4.66. The van der Waals surface area contributed by atoms with E-state index in [9.17, 15) is 9.59 Å². The van der Waals surface area contributed by atoms with E-state index in [4.69, 9.17) is 11.6 Å². The predicted octanol–water partition coefficient (Wildman–Crippen LogP) is 2.53. The Morgan fingerprint density at radius 1 is 1.33 bits per heavy atom. The van der Waals surface area contributed by atoms with Gasteiger partial charge in [0.25, 0.3) is 5.91 Å². The quantitative estimate of drug-likeness (QED) is 0.849. The zero-order valence-electron chi connectivity index (χ0n) is 10.5. The summed E-state index contributed by atoms with van der Waals surface area (Å²) in [5.74, 6) is -0.355. The van der Waals surface area contributed by atoms with Gasteiger partial charge in [0.1, 0.15) is 6.04 Å². The maximum absolute atomic E-state index is 12.5. The minimum absolute atomic E-state index is 0.0526. The molecule has 1 aliphatic rings. The van der Waals surface area contributed by atoms with Gasteiger partial charge in [-0.25, -0.2) is 0 Å². The molecule has 2 rings (SSSR count). The van der Waals surface area contributed by atoms with Crippen LogP contribution in [0.15, 0.2) is 18.2 Å². The molecular formula is C13H15ClN2O2. The first-order chi connectivity index (χ1) is 8.41. The summed E-state index contributed by atoms with van der Waals surface area (Å²) in [4.78, 5) is 26.0. The van der Waals surface area contributed by atoms with E-state index in [1.54, 1.807) is 30.0 Å². The third kappa shape index (κ3) is 2.08. The van der Waals surface area contributed by atoms with E-state index in [0.717, 1.165) is 0 Å². The smallest absolute Gasteiger partial charge is 0.256 e. The van der Waals surface area contributed by atoms with Gasteiger partial charge in [0.2, 0.25) is 5.91 Å². The highest BCUT2D eigenvalue weighted by Crippen LogP contribution is 2.27. The molecule has 4 nitrogen and oxygen atoms in total. The molecular weight excluding hydrogens is 252 g/mol. The molecule has 0 saturated carbocycles. The number of fused-ring (bicyclic) bond motifs is 1. The van der Waals surface area contributed by atoms with Crippen LogP contribution in [0.5, 0.6) is 0 Å². The van der Waals surface area contributed by atoms with Crippen LogP contribution in [0.3, 0.4) is 0 Å². The van der Waals surface area contributed by atoms with Gasteiger partial charge in [-0.15, -0.1) is 0 Å². The lowest BCUT2D eigenvalue weighted by atomic mass is 10.1. The lowest BCUT2D eigenvalue weighted by Gasteiger charge is -2.29. The van der Waals surface area contributed by atoms with Gasteiger partial charge < -0.3 is 10.2 Å². The minimum atomic E-state index is -0.497. The van der Waals surface area contributed by atoms with E-state index in [2.05, 4.69) is 5.32 Å². The van der Waals surface area contributed by atoms with Crippen LogP contribution < -0.4 is 5.32 Å². The number of rotatable bonds is 1. The van der Waals surface area contributed by atoms with Crippen LogP contribution in [0, 0.1) is 0 Å². The Hall–Kier alpha value is -1.55. The third-order valence-corrected chi connectivity index (χ3v) is 3.29. The van der Waals surface area contributed by atoms with Crippen molar-refractivity contribution in [2.75, 3.05) is 5.32 Å². The summed E-state index contributed by atoms with van der Waals surface area (Å²) in [6.07, 6.45) is 0. The molecule has 0 fully saturated rings. The van der Waals surface area contributed by atoms with Gasteiger partial charge in [-0.1, -0.05) is 11.6 Å². The molecule has 5 heteroatoms. The molecule has 0 aliphatic carbocycles. The molecule has 0 spiro atoms. The summed E-state index contributed by atoms with van der Waals surface area (Å²) in [6, 6.07) is 4.35. The number of halogens is 1. The fourth-order valence-corrected chi connectivity index (χ4v) is 2.33.